The maximum atomic E-state index is 6.26. The van der Waals surface area contributed by atoms with Crippen molar-refractivity contribution in [2.45, 2.75) is 32.8 Å². The lowest BCUT2D eigenvalue weighted by Gasteiger charge is -2.26. The van der Waals surface area contributed by atoms with Crippen molar-refractivity contribution in [3.05, 3.63) is 6.33 Å². The van der Waals surface area contributed by atoms with Crippen molar-refractivity contribution < 1.29 is 4.74 Å². The van der Waals surface area contributed by atoms with E-state index in [1.54, 1.807) is 6.33 Å². The molecule has 0 amide bonds. The number of nitrogens with zero attached hydrogens (tertiary/aromatic N) is 4. The molecule has 1 saturated heterocycles. The molecular weight excluding hydrogens is 254 g/mol. The molecular formula is C14H25N5O. The number of nitrogen functional groups attached to an aromatic ring is 1. The maximum absolute atomic E-state index is 6.26. The highest BCUT2D eigenvalue weighted by Gasteiger charge is 2.21. The Balaban J connectivity index is 2.16. The first-order chi connectivity index (χ1) is 9.67. The van der Waals surface area contributed by atoms with Gasteiger partial charge in [0.15, 0.2) is 11.6 Å². The first kappa shape index (κ1) is 14.8. The summed E-state index contributed by atoms with van der Waals surface area (Å²) in [6, 6.07) is 0. The molecule has 0 aromatic carbocycles. The number of anilines is 3. The summed E-state index contributed by atoms with van der Waals surface area (Å²) < 4.78 is 5.67. The highest BCUT2D eigenvalue weighted by atomic mass is 16.5. The third-order valence-electron chi connectivity index (χ3n) is 3.77. The summed E-state index contributed by atoms with van der Waals surface area (Å²) in [4.78, 5) is 12.9. The van der Waals surface area contributed by atoms with Gasteiger partial charge in [-0.15, -0.1) is 0 Å². The zero-order chi connectivity index (χ0) is 14.5. The Kier molecular flexibility index (Phi) is 5.00. The van der Waals surface area contributed by atoms with E-state index in [2.05, 4.69) is 33.6 Å². The lowest BCUT2D eigenvalue weighted by Crippen LogP contribution is -2.31. The van der Waals surface area contributed by atoms with Crippen LogP contribution in [0.4, 0.5) is 17.3 Å². The fraction of sp³-hybridized carbons (Fsp3) is 0.714. The van der Waals surface area contributed by atoms with Gasteiger partial charge in [0.25, 0.3) is 0 Å². The van der Waals surface area contributed by atoms with E-state index >= 15 is 0 Å². The minimum Gasteiger partial charge on any atom is -0.393 e. The van der Waals surface area contributed by atoms with Crippen molar-refractivity contribution in [3.8, 4) is 0 Å². The molecule has 0 bridgehead atoms. The lowest BCUT2D eigenvalue weighted by molar-refractivity contribution is 0.116. The molecule has 1 aromatic heterocycles. The van der Waals surface area contributed by atoms with Gasteiger partial charge in [0.05, 0.1) is 6.10 Å². The molecule has 1 aliphatic rings. The van der Waals surface area contributed by atoms with E-state index in [4.69, 9.17) is 10.5 Å². The van der Waals surface area contributed by atoms with Crippen LogP contribution in [0.5, 0.6) is 0 Å². The molecule has 6 nitrogen and oxygen atoms in total. The van der Waals surface area contributed by atoms with E-state index in [1.165, 1.54) is 0 Å². The Hall–Kier alpha value is -1.56. The Morgan fingerprint density at radius 3 is 2.60 bits per heavy atom. The van der Waals surface area contributed by atoms with Crippen molar-refractivity contribution in [1.29, 1.82) is 0 Å². The minimum atomic E-state index is 0.284. The van der Waals surface area contributed by atoms with Crippen molar-refractivity contribution in [2.24, 2.45) is 0 Å². The van der Waals surface area contributed by atoms with Crippen molar-refractivity contribution >= 4 is 17.3 Å². The average molecular weight is 279 g/mol. The Bertz CT molecular complexity index is 430. The van der Waals surface area contributed by atoms with Gasteiger partial charge in [0.2, 0.25) is 0 Å². The van der Waals surface area contributed by atoms with Crippen LogP contribution in [0.3, 0.4) is 0 Å². The van der Waals surface area contributed by atoms with E-state index in [9.17, 15) is 0 Å². The highest BCUT2D eigenvalue weighted by molar-refractivity contribution is 5.75. The summed E-state index contributed by atoms with van der Waals surface area (Å²) in [6.07, 6.45) is 4.12. The van der Waals surface area contributed by atoms with Gasteiger partial charge < -0.3 is 20.3 Å². The van der Waals surface area contributed by atoms with Gasteiger partial charge in [0, 0.05) is 33.3 Å². The third kappa shape index (κ3) is 3.12. The summed E-state index contributed by atoms with van der Waals surface area (Å²) in [5, 5.41) is 0. The first-order valence-corrected chi connectivity index (χ1v) is 7.35. The zero-order valence-corrected chi connectivity index (χ0v) is 12.7. The van der Waals surface area contributed by atoms with Crippen molar-refractivity contribution in [1.82, 2.24) is 9.97 Å². The van der Waals surface area contributed by atoms with Crippen LogP contribution in [0.25, 0.3) is 0 Å². The van der Waals surface area contributed by atoms with Crippen LogP contribution in [0, 0.1) is 0 Å². The molecule has 2 heterocycles. The van der Waals surface area contributed by atoms with Crippen LogP contribution in [-0.4, -0.2) is 49.4 Å². The molecule has 2 rings (SSSR count). The van der Waals surface area contributed by atoms with Crippen molar-refractivity contribution in [2.75, 3.05) is 48.8 Å². The Morgan fingerprint density at radius 1 is 1.30 bits per heavy atom. The van der Waals surface area contributed by atoms with E-state index in [-0.39, 0.29) is 6.10 Å². The molecule has 2 N–H and O–H groups in total. The normalized spacial score (nSPS) is 18.2. The van der Waals surface area contributed by atoms with Crippen LogP contribution in [-0.2, 0) is 4.74 Å². The van der Waals surface area contributed by atoms with Gasteiger partial charge >= 0.3 is 0 Å². The standard InChI is InChI=1S/C14H25N5O/c1-4-19(5-2)14-12(15)13(16-10-17-14)18(3)9-11-7-6-8-20-11/h10-11H,4-9,15H2,1-3H3. The summed E-state index contributed by atoms with van der Waals surface area (Å²) in [7, 11) is 2.01. The Labute approximate surface area is 120 Å². The fourth-order valence-electron chi connectivity index (χ4n) is 2.64. The molecule has 0 radical (unpaired) electrons. The molecule has 0 spiro atoms. The highest BCUT2D eigenvalue weighted by Crippen LogP contribution is 2.28. The van der Waals surface area contributed by atoms with Gasteiger partial charge in [-0.05, 0) is 26.7 Å². The predicted molar refractivity (Wildman–Crippen MR) is 82.2 cm³/mol. The first-order valence-electron chi connectivity index (χ1n) is 7.35. The third-order valence-corrected chi connectivity index (χ3v) is 3.77. The quantitative estimate of drug-likeness (QED) is 0.851. The van der Waals surface area contributed by atoms with Gasteiger partial charge in [0.1, 0.15) is 12.0 Å². The van der Waals surface area contributed by atoms with E-state index in [0.29, 0.717) is 5.69 Å². The van der Waals surface area contributed by atoms with Gasteiger partial charge in [-0.3, -0.25) is 0 Å². The molecule has 6 heteroatoms. The smallest absolute Gasteiger partial charge is 0.157 e. The second kappa shape index (κ2) is 6.74. The van der Waals surface area contributed by atoms with Crippen LogP contribution in [0.1, 0.15) is 26.7 Å². The fourth-order valence-corrected chi connectivity index (χ4v) is 2.64. The molecule has 1 aliphatic heterocycles. The van der Waals surface area contributed by atoms with Gasteiger partial charge in [-0.1, -0.05) is 0 Å². The zero-order valence-electron chi connectivity index (χ0n) is 12.7. The molecule has 1 fully saturated rings. The van der Waals surface area contributed by atoms with Crippen LogP contribution < -0.4 is 15.5 Å². The monoisotopic (exact) mass is 279 g/mol. The Morgan fingerprint density at radius 2 is 2.00 bits per heavy atom. The number of ether oxygens (including phenoxy) is 1. The van der Waals surface area contributed by atoms with E-state index < -0.39 is 0 Å². The SMILES string of the molecule is CCN(CC)c1ncnc(N(C)CC2CCCO2)c1N. The van der Waals surface area contributed by atoms with E-state index in [0.717, 1.165) is 50.7 Å². The van der Waals surface area contributed by atoms with Crippen LogP contribution in [0.15, 0.2) is 6.33 Å². The largest absolute Gasteiger partial charge is 0.393 e. The number of nitrogens with two attached hydrogens (primary N) is 1. The average Bonchev–Trinajstić information content (AvgIpc) is 2.94. The van der Waals surface area contributed by atoms with Crippen molar-refractivity contribution in [3.63, 3.8) is 0 Å². The molecule has 20 heavy (non-hydrogen) atoms. The predicted octanol–water partition coefficient (Wildman–Crippen LogP) is 1.52. The lowest BCUT2D eigenvalue weighted by atomic mass is 10.2. The number of likely N-dealkylation sites (N-methyl/N-ethyl adjacent to an activating group) is 1. The van der Waals surface area contributed by atoms with Crippen LogP contribution in [0.2, 0.25) is 0 Å². The minimum absolute atomic E-state index is 0.284. The number of hydrogen-bond donors (Lipinski definition) is 1. The topological polar surface area (TPSA) is 67.5 Å². The number of rotatable bonds is 6. The summed E-state index contributed by atoms with van der Waals surface area (Å²) >= 11 is 0. The number of aromatic nitrogens is 2. The summed E-state index contributed by atoms with van der Waals surface area (Å²) in [5.41, 5.74) is 6.91. The van der Waals surface area contributed by atoms with Crippen LogP contribution >= 0.6 is 0 Å². The van der Waals surface area contributed by atoms with Gasteiger partial charge in [-0.25, -0.2) is 9.97 Å². The van der Waals surface area contributed by atoms with E-state index in [1.807, 2.05) is 7.05 Å². The summed E-state index contributed by atoms with van der Waals surface area (Å²) in [5.74, 6) is 1.61. The summed E-state index contributed by atoms with van der Waals surface area (Å²) in [6.45, 7) is 7.64. The molecule has 0 saturated carbocycles. The maximum Gasteiger partial charge on any atom is 0.157 e. The molecule has 1 aromatic rings. The second-order valence-electron chi connectivity index (χ2n) is 5.12. The molecule has 112 valence electrons. The number of hydrogen-bond acceptors (Lipinski definition) is 6. The molecule has 1 atom stereocenters. The van der Waals surface area contributed by atoms with Gasteiger partial charge in [-0.2, -0.15) is 0 Å². The second-order valence-corrected chi connectivity index (χ2v) is 5.12. The molecule has 0 aliphatic carbocycles. The molecule has 1 unspecified atom stereocenters.